The van der Waals surface area contributed by atoms with E-state index >= 15 is 0 Å². The molecular weight excluding hydrogens is 144 g/mol. The van der Waals surface area contributed by atoms with E-state index in [-0.39, 0.29) is 12.9 Å². The molecule has 11 heavy (non-hydrogen) atoms. The molecule has 0 heterocycles. The Morgan fingerprint density at radius 2 is 2.00 bits per heavy atom. The van der Waals surface area contributed by atoms with Gasteiger partial charge in [-0.05, 0) is 20.8 Å². The average Bonchev–Trinajstić information content (AvgIpc) is 1.79. The largest absolute Gasteiger partial charge is 0.390 e. The molecule has 0 saturated heterocycles. The molecule has 0 aromatic rings. The van der Waals surface area contributed by atoms with Gasteiger partial charge in [-0.25, -0.2) is 0 Å². The van der Waals surface area contributed by atoms with Crippen LogP contribution in [-0.2, 0) is 9.47 Å². The number of rotatable bonds is 5. The molecule has 68 valence electrons. The fourth-order valence-corrected chi connectivity index (χ4v) is 0.947. The fourth-order valence-electron chi connectivity index (χ4n) is 0.947. The van der Waals surface area contributed by atoms with Crippen molar-refractivity contribution in [3.8, 4) is 0 Å². The zero-order valence-corrected chi connectivity index (χ0v) is 7.76. The normalized spacial score (nSPS) is 15.0. The first-order valence-corrected chi connectivity index (χ1v) is 3.78. The van der Waals surface area contributed by atoms with E-state index in [1.165, 1.54) is 0 Å². The van der Waals surface area contributed by atoms with E-state index in [0.717, 1.165) is 0 Å². The molecule has 0 spiro atoms. The van der Waals surface area contributed by atoms with Crippen molar-refractivity contribution in [1.29, 1.82) is 0 Å². The Hall–Kier alpha value is -0.120. The summed E-state index contributed by atoms with van der Waals surface area (Å²) in [4.78, 5) is 0. The Labute approximate surface area is 68.3 Å². The smallest absolute Gasteiger partial charge is 0.146 e. The Kier molecular flexibility index (Phi) is 4.65. The third-order valence-corrected chi connectivity index (χ3v) is 1.26. The Morgan fingerprint density at radius 3 is 2.36 bits per heavy atom. The summed E-state index contributed by atoms with van der Waals surface area (Å²) in [6.45, 7) is 5.73. The first kappa shape index (κ1) is 10.9. The number of hydrogen-bond donors (Lipinski definition) is 1. The van der Waals surface area contributed by atoms with Crippen LogP contribution in [0.1, 0.15) is 27.2 Å². The van der Waals surface area contributed by atoms with Gasteiger partial charge in [0.2, 0.25) is 0 Å². The van der Waals surface area contributed by atoms with Crippen molar-refractivity contribution in [2.45, 2.75) is 38.9 Å². The zero-order chi connectivity index (χ0) is 8.91. The Balaban J connectivity index is 3.44. The van der Waals surface area contributed by atoms with Crippen LogP contribution in [0.15, 0.2) is 0 Å². The molecule has 0 aromatic heterocycles. The van der Waals surface area contributed by atoms with Gasteiger partial charge in [-0.15, -0.1) is 0 Å². The summed E-state index contributed by atoms with van der Waals surface area (Å²) in [7, 11) is 1.58. The van der Waals surface area contributed by atoms with E-state index in [1.807, 2.05) is 6.92 Å². The molecule has 3 heteroatoms. The second-order valence-corrected chi connectivity index (χ2v) is 3.40. The predicted octanol–water partition coefficient (Wildman–Crippen LogP) is 1.16. The topological polar surface area (TPSA) is 38.7 Å². The van der Waals surface area contributed by atoms with Gasteiger partial charge in [0.25, 0.3) is 0 Å². The van der Waals surface area contributed by atoms with Crippen LogP contribution in [0, 0.1) is 0 Å². The summed E-state index contributed by atoms with van der Waals surface area (Å²) in [5.74, 6) is 0. The minimum absolute atomic E-state index is 0.0370. The summed E-state index contributed by atoms with van der Waals surface area (Å²) in [6, 6.07) is 0. The summed E-state index contributed by atoms with van der Waals surface area (Å²) < 4.78 is 9.91. The maximum Gasteiger partial charge on any atom is 0.146 e. The molecule has 0 radical (unpaired) electrons. The number of hydrogen-bond acceptors (Lipinski definition) is 3. The van der Waals surface area contributed by atoms with E-state index in [0.29, 0.717) is 6.42 Å². The summed E-state index contributed by atoms with van der Waals surface area (Å²) in [6.07, 6.45) is 0.658. The van der Waals surface area contributed by atoms with E-state index < -0.39 is 5.60 Å². The molecule has 0 saturated carbocycles. The van der Waals surface area contributed by atoms with Crippen LogP contribution in [0.2, 0.25) is 0 Å². The highest BCUT2D eigenvalue weighted by atomic mass is 16.7. The van der Waals surface area contributed by atoms with Gasteiger partial charge in [0, 0.05) is 13.5 Å². The first-order valence-electron chi connectivity index (χ1n) is 3.78. The maximum atomic E-state index is 9.37. The van der Waals surface area contributed by atoms with Crippen LogP contribution in [0.5, 0.6) is 0 Å². The number of ether oxygens (including phenoxy) is 2. The van der Waals surface area contributed by atoms with Crippen LogP contribution in [0.3, 0.4) is 0 Å². The van der Waals surface area contributed by atoms with E-state index in [4.69, 9.17) is 9.47 Å². The maximum absolute atomic E-state index is 9.37. The van der Waals surface area contributed by atoms with Gasteiger partial charge in [0.1, 0.15) is 6.79 Å². The summed E-state index contributed by atoms with van der Waals surface area (Å²) in [5, 5.41) is 9.37. The second kappa shape index (κ2) is 4.70. The summed E-state index contributed by atoms with van der Waals surface area (Å²) >= 11 is 0. The number of aliphatic hydroxyl groups is 1. The van der Waals surface area contributed by atoms with Gasteiger partial charge < -0.3 is 14.6 Å². The highest BCUT2D eigenvalue weighted by molar-refractivity contribution is 4.68. The van der Waals surface area contributed by atoms with E-state index in [9.17, 15) is 5.11 Å². The standard InChI is InChI=1S/C8H18O3/c1-7(11-6-10-4)5-8(2,3)9/h7,9H,5-6H2,1-4H3. The molecule has 0 amide bonds. The van der Waals surface area contributed by atoms with Gasteiger partial charge in [-0.3, -0.25) is 0 Å². The van der Waals surface area contributed by atoms with Gasteiger partial charge in [-0.2, -0.15) is 0 Å². The van der Waals surface area contributed by atoms with Crippen LogP contribution in [0.25, 0.3) is 0 Å². The molecular formula is C8H18O3. The molecule has 0 bridgehead atoms. The molecule has 3 nitrogen and oxygen atoms in total. The van der Waals surface area contributed by atoms with Crippen molar-refractivity contribution in [2.24, 2.45) is 0 Å². The number of methoxy groups -OCH3 is 1. The second-order valence-electron chi connectivity index (χ2n) is 3.40. The molecule has 0 aliphatic carbocycles. The quantitative estimate of drug-likeness (QED) is 0.616. The fraction of sp³-hybridized carbons (Fsp3) is 1.00. The predicted molar refractivity (Wildman–Crippen MR) is 43.3 cm³/mol. The van der Waals surface area contributed by atoms with Gasteiger partial charge >= 0.3 is 0 Å². The van der Waals surface area contributed by atoms with Crippen molar-refractivity contribution in [3.05, 3.63) is 0 Å². The zero-order valence-electron chi connectivity index (χ0n) is 7.76. The minimum atomic E-state index is -0.660. The van der Waals surface area contributed by atoms with Gasteiger partial charge in [0.15, 0.2) is 0 Å². The van der Waals surface area contributed by atoms with Crippen molar-refractivity contribution < 1.29 is 14.6 Å². The third-order valence-electron chi connectivity index (χ3n) is 1.26. The van der Waals surface area contributed by atoms with Crippen molar-refractivity contribution in [3.63, 3.8) is 0 Å². The lowest BCUT2D eigenvalue weighted by atomic mass is 10.0. The molecule has 1 atom stereocenters. The first-order chi connectivity index (χ1) is 4.95. The molecule has 0 aliphatic rings. The Bertz CT molecular complexity index is 96.0. The molecule has 1 unspecified atom stereocenters. The van der Waals surface area contributed by atoms with E-state index in [1.54, 1.807) is 21.0 Å². The highest BCUT2D eigenvalue weighted by Crippen LogP contribution is 2.12. The van der Waals surface area contributed by atoms with Crippen LogP contribution in [-0.4, -0.2) is 30.7 Å². The SMILES string of the molecule is COCOC(C)CC(C)(C)O. The third kappa shape index (κ3) is 7.78. The van der Waals surface area contributed by atoms with Crippen molar-refractivity contribution in [2.75, 3.05) is 13.9 Å². The van der Waals surface area contributed by atoms with Gasteiger partial charge in [-0.1, -0.05) is 0 Å². The Morgan fingerprint density at radius 1 is 1.45 bits per heavy atom. The minimum Gasteiger partial charge on any atom is -0.390 e. The summed E-state index contributed by atoms with van der Waals surface area (Å²) in [5.41, 5.74) is -0.660. The highest BCUT2D eigenvalue weighted by Gasteiger charge is 2.17. The molecule has 0 fully saturated rings. The lowest BCUT2D eigenvalue weighted by molar-refractivity contribution is -0.0881. The van der Waals surface area contributed by atoms with Crippen molar-refractivity contribution in [1.82, 2.24) is 0 Å². The van der Waals surface area contributed by atoms with Crippen LogP contribution in [0.4, 0.5) is 0 Å². The lowest BCUT2D eigenvalue weighted by Crippen LogP contribution is -2.26. The van der Waals surface area contributed by atoms with E-state index in [2.05, 4.69) is 0 Å². The molecule has 0 aromatic carbocycles. The van der Waals surface area contributed by atoms with Crippen molar-refractivity contribution >= 4 is 0 Å². The lowest BCUT2D eigenvalue weighted by Gasteiger charge is -2.21. The van der Waals surface area contributed by atoms with Crippen LogP contribution < -0.4 is 0 Å². The molecule has 0 aliphatic heterocycles. The average molecular weight is 162 g/mol. The molecule has 1 N–H and O–H groups in total. The monoisotopic (exact) mass is 162 g/mol. The van der Waals surface area contributed by atoms with Gasteiger partial charge in [0.05, 0.1) is 11.7 Å². The molecule has 0 rings (SSSR count). The van der Waals surface area contributed by atoms with Crippen LogP contribution >= 0.6 is 0 Å².